The first-order valence-corrected chi connectivity index (χ1v) is 7.75. The van der Waals surface area contributed by atoms with Crippen LogP contribution in [0.25, 0.3) is 0 Å². The Labute approximate surface area is 140 Å². The van der Waals surface area contributed by atoms with E-state index in [1.807, 2.05) is 13.8 Å². The lowest BCUT2D eigenvalue weighted by Crippen LogP contribution is -2.24. The van der Waals surface area contributed by atoms with Crippen LogP contribution in [0, 0.1) is 0 Å². The van der Waals surface area contributed by atoms with Gasteiger partial charge in [-0.1, -0.05) is 53.0 Å². The van der Waals surface area contributed by atoms with Gasteiger partial charge in [-0.05, 0) is 18.1 Å². The van der Waals surface area contributed by atoms with Crippen molar-refractivity contribution >= 4 is 39.1 Å². The van der Waals surface area contributed by atoms with Gasteiger partial charge in [0.1, 0.15) is 0 Å². The van der Waals surface area contributed by atoms with E-state index >= 15 is 0 Å². The van der Waals surface area contributed by atoms with E-state index in [-0.39, 0.29) is 17.4 Å². The lowest BCUT2D eigenvalue weighted by Gasteiger charge is -2.12. The molecule has 1 aromatic heterocycles. The predicted molar refractivity (Wildman–Crippen MR) is 87.8 cm³/mol. The number of rotatable bonds is 3. The van der Waals surface area contributed by atoms with Crippen LogP contribution in [0.2, 0.25) is 10.0 Å². The van der Waals surface area contributed by atoms with E-state index in [0.29, 0.717) is 21.4 Å². The van der Waals surface area contributed by atoms with Crippen LogP contribution in [0.1, 0.15) is 25.3 Å². The van der Waals surface area contributed by atoms with Gasteiger partial charge in [0, 0.05) is 23.2 Å². The normalized spacial score (nSPS) is 11.0. The van der Waals surface area contributed by atoms with Gasteiger partial charge in [0.05, 0.1) is 10.0 Å². The van der Waals surface area contributed by atoms with Gasteiger partial charge in [-0.15, -0.1) is 5.10 Å². The van der Waals surface area contributed by atoms with Crippen molar-refractivity contribution in [3.8, 4) is 11.6 Å². The lowest BCUT2D eigenvalue weighted by atomic mass is 10.1. The van der Waals surface area contributed by atoms with Crippen molar-refractivity contribution in [2.24, 2.45) is 7.05 Å². The minimum absolute atomic E-state index is 0.0601. The van der Waals surface area contributed by atoms with Crippen molar-refractivity contribution in [2.45, 2.75) is 19.8 Å². The van der Waals surface area contributed by atoms with Crippen molar-refractivity contribution in [3.63, 3.8) is 0 Å². The molecule has 21 heavy (non-hydrogen) atoms. The Morgan fingerprint density at radius 1 is 1.24 bits per heavy atom. The Morgan fingerprint density at radius 3 is 2.33 bits per heavy atom. The molecule has 0 atom stereocenters. The molecule has 0 spiro atoms. The van der Waals surface area contributed by atoms with Gasteiger partial charge < -0.3 is 4.74 Å². The summed E-state index contributed by atoms with van der Waals surface area (Å²) in [5, 5.41) is 4.78. The first-order valence-electron chi connectivity index (χ1n) is 6.20. The largest absolute Gasteiger partial charge is 0.434 e. The molecule has 0 aliphatic rings. The summed E-state index contributed by atoms with van der Waals surface area (Å²) in [7, 11) is 1.58. The first-order chi connectivity index (χ1) is 9.79. The number of benzene rings is 1. The van der Waals surface area contributed by atoms with Crippen molar-refractivity contribution in [3.05, 3.63) is 48.6 Å². The van der Waals surface area contributed by atoms with Gasteiger partial charge in [-0.2, -0.15) is 0 Å². The topological polar surface area (TPSA) is 44.1 Å². The summed E-state index contributed by atoms with van der Waals surface area (Å²) in [6, 6.07) is 4.96. The fourth-order valence-electron chi connectivity index (χ4n) is 1.80. The Balaban J connectivity index is 2.48. The molecule has 0 saturated heterocycles. The van der Waals surface area contributed by atoms with E-state index in [9.17, 15) is 4.79 Å². The molecule has 0 saturated carbocycles. The molecule has 0 N–H and O–H groups in total. The molecule has 0 radical (unpaired) electrons. The molecular formula is C14H13BrCl2N2O2. The number of ether oxygens (including phenoxy) is 1. The van der Waals surface area contributed by atoms with Crippen molar-refractivity contribution in [2.75, 3.05) is 0 Å². The molecule has 2 aromatic rings. The SMILES string of the molecule is CC(C)c1cc(Oc2c(Cl)cc(Br)cc2Cl)nn(C)c1=O. The van der Waals surface area contributed by atoms with Crippen molar-refractivity contribution < 1.29 is 4.74 Å². The molecular weight excluding hydrogens is 379 g/mol. The monoisotopic (exact) mass is 390 g/mol. The second-order valence-electron chi connectivity index (χ2n) is 4.82. The Bertz CT molecular complexity index is 721. The van der Waals surface area contributed by atoms with E-state index in [1.165, 1.54) is 4.68 Å². The van der Waals surface area contributed by atoms with E-state index in [4.69, 9.17) is 27.9 Å². The quantitative estimate of drug-likeness (QED) is 0.757. The maximum Gasteiger partial charge on any atom is 0.270 e. The fourth-order valence-corrected chi connectivity index (χ4v) is 3.08. The number of aromatic nitrogens is 2. The lowest BCUT2D eigenvalue weighted by molar-refractivity contribution is 0.437. The van der Waals surface area contributed by atoms with Gasteiger partial charge >= 0.3 is 0 Å². The average molecular weight is 392 g/mol. The highest BCUT2D eigenvalue weighted by Crippen LogP contribution is 2.38. The van der Waals surface area contributed by atoms with Crippen LogP contribution < -0.4 is 10.3 Å². The summed E-state index contributed by atoms with van der Waals surface area (Å²) in [5.74, 6) is 0.638. The highest BCUT2D eigenvalue weighted by atomic mass is 79.9. The minimum atomic E-state index is -0.148. The smallest absolute Gasteiger partial charge is 0.270 e. The van der Waals surface area contributed by atoms with E-state index < -0.39 is 0 Å². The predicted octanol–water partition coefficient (Wildman–Crippen LogP) is 4.77. The average Bonchev–Trinajstić information content (AvgIpc) is 2.37. The molecule has 112 valence electrons. The van der Waals surface area contributed by atoms with Crippen molar-refractivity contribution in [1.82, 2.24) is 9.78 Å². The molecule has 0 aliphatic heterocycles. The van der Waals surface area contributed by atoms with Crippen LogP contribution in [-0.4, -0.2) is 9.78 Å². The first kappa shape index (κ1) is 16.3. The molecule has 1 heterocycles. The maximum absolute atomic E-state index is 12.0. The molecule has 0 fully saturated rings. The molecule has 0 unspecified atom stereocenters. The summed E-state index contributed by atoms with van der Waals surface area (Å²) in [5.41, 5.74) is 0.470. The standard InChI is InChI=1S/C14H13BrCl2N2O2/c1-7(2)9-6-12(18-19(3)14(9)20)21-13-10(16)4-8(15)5-11(13)17/h4-7H,1-3H3. The third kappa shape index (κ3) is 3.59. The number of hydrogen-bond acceptors (Lipinski definition) is 3. The Hall–Kier alpha value is -1.04. The van der Waals surface area contributed by atoms with Crippen LogP contribution in [0.15, 0.2) is 27.5 Å². The van der Waals surface area contributed by atoms with Crippen LogP contribution >= 0.6 is 39.1 Å². The summed E-state index contributed by atoms with van der Waals surface area (Å²) >= 11 is 15.5. The van der Waals surface area contributed by atoms with Crippen LogP contribution in [0.5, 0.6) is 11.6 Å². The van der Waals surface area contributed by atoms with E-state index in [2.05, 4.69) is 21.0 Å². The number of hydrogen-bond donors (Lipinski definition) is 0. The van der Waals surface area contributed by atoms with Crippen LogP contribution in [0.4, 0.5) is 0 Å². The second kappa shape index (κ2) is 6.38. The Kier molecular flexibility index (Phi) is 4.96. The van der Waals surface area contributed by atoms with Gasteiger partial charge in [-0.3, -0.25) is 4.79 Å². The summed E-state index contributed by atoms with van der Waals surface area (Å²) in [6.07, 6.45) is 0. The number of aryl methyl sites for hydroxylation is 1. The maximum atomic E-state index is 12.0. The van der Waals surface area contributed by atoms with Gasteiger partial charge in [0.25, 0.3) is 5.56 Å². The fraction of sp³-hybridized carbons (Fsp3) is 0.286. The third-order valence-corrected chi connectivity index (χ3v) is 3.88. The van der Waals surface area contributed by atoms with Crippen LogP contribution in [-0.2, 0) is 7.05 Å². The molecule has 2 rings (SSSR count). The van der Waals surface area contributed by atoms with Gasteiger partial charge in [0.15, 0.2) is 5.75 Å². The number of halogens is 3. The molecule has 0 aliphatic carbocycles. The molecule has 7 heteroatoms. The second-order valence-corrected chi connectivity index (χ2v) is 6.55. The van der Waals surface area contributed by atoms with E-state index in [0.717, 1.165) is 4.47 Å². The zero-order valence-corrected chi connectivity index (χ0v) is 14.8. The van der Waals surface area contributed by atoms with Gasteiger partial charge in [0.2, 0.25) is 5.88 Å². The van der Waals surface area contributed by atoms with Crippen molar-refractivity contribution in [1.29, 1.82) is 0 Å². The molecule has 0 amide bonds. The van der Waals surface area contributed by atoms with E-state index in [1.54, 1.807) is 25.2 Å². The zero-order valence-electron chi connectivity index (χ0n) is 11.7. The highest BCUT2D eigenvalue weighted by molar-refractivity contribution is 9.10. The van der Waals surface area contributed by atoms with Crippen LogP contribution in [0.3, 0.4) is 0 Å². The summed E-state index contributed by atoms with van der Waals surface area (Å²) in [6.45, 7) is 3.86. The molecule has 1 aromatic carbocycles. The third-order valence-electron chi connectivity index (χ3n) is 2.86. The Morgan fingerprint density at radius 2 is 1.81 bits per heavy atom. The summed E-state index contributed by atoms with van der Waals surface area (Å²) in [4.78, 5) is 12.0. The summed E-state index contributed by atoms with van der Waals surface area (Å²) < 4.78 is 7.66. The highest BCUT2D eigenvalue weighted by Gasteiger charge is 2.14. The molecule has 0 bridgehead atoms. The zero-order chi connectivity index (χ0) is 15.7. The van der Waals surface area contributed by atoms with Gasteiger partial charge in [-0.25, -0.2) is 4.68 Å². The number of nitrogens with zero attached hydrogens (tertiary/aromatic N) is 2. The minimum Gasteiger partial charge on any atom is -0.434 e. The molecule has 4 nitrogen and oxygen atoms in total.